The van der Waals surface area contributed by atoms with E-state index in [2.05, 4.69) is 15.5 Å². The summed E-state index contributed by atoms with van der Waals surface area (Å²) in [5.74, 6) is -1.47. The van der Waals surface area contributed by atoms with Gasteiger partial charge >= 0.3 is 6.18 Å². The Bertz CT molecular complexity index is 644. The smallest absolute Gasteiger partial charge is 0.351 e. The average Bonchev–Trinajstić information content (AvgIpc) is 3.10. The van der Waals surface area contributed by atoms with Crippen LogP contribution in [0.3, 0.4) is 0 Å². The van der Waals surface area contributed by atoms with Crippen molar-refractivity contribution in [1.82, 2.24) is 15.5 Å². The van der Waals surface area contributed by atoms with Crippen LogP contribution in [0.15, 0.2) is 18.2 Å². The lowest BCUT2D eigenvalue weighted by Crippen LogP contribution is -2.50. The predicted octanol–water partition coefficient (Wildman–Crippen LogP) is 2.68. The minimum Gasteiger partial charge on any atom is -0.351 e. The monoisotopic (exact) mass is 373 g/mol. The van der Waals surface area contributed by atoms with Crippen molar-refractivity contribution in [3.8, 4) is 0 Å². The summed E-state index contributed by atoms with van der Waals surface area (Å²) in [6, 6.07) is 2.96. The molecule has 2 aliphatic rings. The molecule has 0 spiro atoms. The zero-order valence-electron chi connectivity index (χ0n) is 14.4. The summed E-state index contributed by atoms with van der Waals surface area (Å²) in [4.78, 5) is 14.8. The number of likely N-dealkylation sites (tertiary alicyclic amines) is 1. The summed E-state index contributed by atoms with van der Waals surface area (Å²) in [5.41, 5.74) is -1.07. The van der Waals surface area contributed by atoms with Crippen LogP contribution in [-0.2, 0) is 17.5 Å². The molecule has 0 aromatic heterocycles. The number of rotatable bonds is 4. The van der Waals surface area contributed by atoms with Gasteiger partial charge in [-0.1, -0.05) is 6.07 Å². The Kier molecular flexibility index (Phi) is 5.82. The van der Waals surface area contributed by atoms with Gasteiger partial charge in [0.15, 0.2) is 0 Å². The zero-order valence-corrected chi connectivity index (χ0v) is 14.4. The molecule has 2 N–H and O–H groups in total. The Morgan fingerprint density at radius 2 is 1.96 bits per heavy atom. The quantitative estimate of drug-likeness (QED) is 0.798. The minimum atomic E-state index is -4.75. The number of carbonyl (C=O) groups excluding carboxylic acids is 1. The van der Waals surface area contributed by atoms with Gasteiger partial charge in [0.25, 0.3) is 0 Å². The van der Waals surface area contributed by atoms with Crippen molar-refractivity contribution >= 4 is 5.91 Å². The maximum atomic E-state index is 13.3. The van der Waals surface area contributed by atoms with E-state index in [0.717, 1.165) is 57.5 Å². The van der Waals surface area contributed by atoms with Crippen molar-refractivity contribution in [2.45, 2.75) is 50.5 Å². The fourth-order valence-electron chi connectivity index (χ4n) is 3.85. The molecule has 0 saturated carbocycles. The second kappa shape index (κ2) is 7.92. The van der Waals surface area contributed by atoms with Crippen LogP contribution in [0.5, 0.6) is 0 Å². The van der Waals surface area contributed by atoms with Gasteiger partial charge in [-0.3, -0.25) is 9.69 Å². The van der Waals surface area contributed by atoms with Gasteiger partial charge in [0.05, 0.1) is 11.6 Å². The standard InChI is InChI=1S/C18H23F4N3O/c19-15-4-3-12(10-14(15)18(20,21)22)11-24-17(26)16-2-1-9-25(16)13-5-7-23-8-6-13/h3-4,10,13,16,23H,1-2,5-9,11H2,(H,24,26)/t16-/m0/s1. The zero-order chi connectivity index (χ0) is 18.7. The first-order chi connectivity index (χ1) is 12.4. The second-order valence-electron chi connectivity index (χ2n) is 6.91. The lowest BCUT2D eigenvalue weighted by molar-refractivity contribution is -0.140. The minimum absolute atomic E-state index is 0.0429. The molecule has 1 aromatic rings. The highest BCUT2D eigenvalue weighted by Gasteiger charge is 2.36. The van der Waals surface area contributed by atoms with Gasteiger partial charge in [-0.05, 0) is 63.0 Å². The first-order valence-corrected chi connectivity index (χ1v) is 8.96. The topological polar surface area (TPSA) is 44.4 Å². The molecule has 0 bridgehead atoms. The van der Waals surface area contributed by atoms with Crippen LogP contribution in [0.2, 0.25) is 0 Å². The van der Waals surface area contributed by atoms with Gasteiger partial charge < -0.3 is 10.6 Å². The Morgan fingerprint density at radius 1 is 1.23 bits per heavy atom. The van der Waals surface area contributed by atoms with Crippen LogP contribution in [0, 0.1) is 5.82 Å². The number of hydrogen-bond acceptors (Lipinski definition) is 3. The fraction of sp³-hybridized carbons (Fsp3) is 0.611. The number of halogens is 4. The number of hydrogen-bond donors (Lipinski definition) is 2. The second-order valence-corrected chi connectivity index (χ2v) is 6.91. The Morgan fingerprint density at radius 3 is 2.65 bits per heavy atom. The average molecular weight is 373 g/mol. The summed E-state index contributed by atoms with van der Waals surface area (Å²) in [6.07, 6.45) is -1.06. The maximum absolute atomic E-state index is 13.3. The number of benzene rings is 1. The fourth-order valence-corrected chi connectivity index (χ4v) is 3.85. The Labute approximate surface area is 149 Å². The van der Waals surface area contributed by atoms with E-state index < -0.39 is 17.6 Å². The molecule has 8 heteroatoms. The summed E-state index contributed by atoms with van der Waals surface area (Å²) in [7, 11) is 0. The number of amides is 1. The van der Waals surface area contributed by atoms with E-state index in [9.17, 15) is 22.4 Å². The van der Waals surface area contributed by atoms with E-state index in [1.54, 1.807) is 0 Å². The van der Waals surface area contributed by atoms with E-state index in [-0.39, 0.29) is 24.1 Å². The predicted molar refractivity (Wildman–Crippen MR) is 88.9 cm³/mol. The molecule has 144 valence electrons. The summed E-state index contributed by atoms with van der Waals surface area (Å²) in [5, 5.41) is 6.02. The van der Waals surface area contributed by atoms with Crippen LogP contribution >= 0.6 is 0 Å². The molecular weight excluding hydrogens is 350 g/mol. The molecule has 26 heavy (non-hydrogen) atoms. The molecule has 0 radical (unpaired) electrons. The lowest BCUT2D eigenvalue weighted by atomic mass is 10.0. The molecule has 1 atom stereocenters. The normalized spacial score (nSPS) is 22.5. The van der Waals surface area contributed by atoms with Gasteiger partial charge in [-0.25, -0.2) is 4.39 Å². The molecule has 0 aliphatic carbocycles. The molecule has 2 saturated heterocycles. The molecule has 2 aliphatic heterocycles. The molecule has 3 rings (SSSR count). The van der Waals surface area contributed by atoms with Crippen LogP contribution < -0.4 is 10.6 Å². The van der Waals surface area contributed by atoms with E-state index >= 15 is 0 Å². The molecule has 2 heterocycles. The third kappa shape index (κ3) is 4.35. The van der Waals surface area contributed by atoms with Crippen LogP contribution in [0.1, 0.15) is 36.8 Å². The lowest BCUT2D eigenvalue weighted by Gasteiger charge is -2.35. The van der Waals surface area contributed by atoms with Gasteiger partial charge in [0.2, 0.25) is 5.91 Å². The van der Waals surface area contributed by atoms with Crippen molar-refractivity contribution in [1.29, 1.82) is 0 Å². The number of piperidine rings is 1. The van der Waals surface area contributed by atoms with Crippen molar-refractivity contribution in [2.75, 3.05) is 19.6 Å². The van der Waals surface area contributed by atoms with Gasteiger partial charge in [0.1, 0.15) is 5.82 Å². The third-order valence-electron chi connectivity index (χ3n) is 5.18. The highest BCUT2D eigenvalue weighted by Crippen LogP contribution is 2.32. The molecular formula is C18H23F4N3O. The van der Waals surface area contributed by atoms with Crippen molar-refractivity contribution in [2.24, 2.45) is 0 Å². The van der Waals surface area contributed by atoms with Crippen LogP contribution in [0.4, 0.5) is 17.6 Å². The van der Waals surface area contributed by atoms with Gasteiger partial charge in [0, 0.05) is 12.6 Å². The van der Waals surface area contributed by atoms with E-state index in [1.165, 1.54) is 6.07 Å². The van der Waals surface area contributed by atoms with Crippen molar-refractivity contribution < 1.29 is 22.4 Å². The summed E-state index contributed by atoms with van der Waals surface area (Å²) in [6.45, 7) is 2.70. The Hall–Kier alpha value is -1.67. The summed E-state index contributed by atoms with van der Waals surface area (Å²) < 4.78 is 51.7. The number of nitrogens with zero attached hydrogens (tertiary/aromatic N) is 1. The van der Waals surface area contributed by atoms with E-state index in [1.807, 2.05) is 0 Å². The van der Waals surface area contributed by atoms with E-state index in [4.69, 9.17) is 0 Å². The largest absolute Gasteiger partial charge is 0.419 e. The van der Waals surface area contributed by atoms with Gasteiger partial charge in [-0.15, -0.1) is 0 Å². The first kappa shape index (κ1) is 19.1. The van der Waals surface area contributed by atoms with Crippen molar-refractivity contribution in [3.05, 3.63) is 35.1 Å². The highest BCUT2D eigenvalue weighted by atomic mass is 19.4. The van der Waals surface area contributed by atoms with E-state index in [0.29, 0.717) is 6.04 Å². The molecule has 1 amide bonds. The van der Waals surface area contributed by atoms with Crippen LogP contribution in [0.25, 0.3) is 0 Å². The maximum Gasteiger partial charge on any atom is 0.419 e. The SMILES string of the molecule is O=C(NCc1ccc(F)c(C(F)(F)F)c1)[C@@H]1CCCN1C1CCNCC1. The first-order valence-electron chi connectivity index (χ1n) is 8.96. The molecule has 2 fully saturated rings. The molecule has 4 nitrogen and oxygen atoms in total. The Balaban J connectivity index is 1.61. The number of nitrogens with one attached hydrogen (secondary N) is 2. The van der Waals surface area contributed by atoms with Crippen molar-refractivity contribution in [3.63, 3.8) is 0 Å². The highest BCUT2D eigenvalue weighted by molar-refractivity contribution is 5.82. The third-order valence-corrected chi connectivity index (χ3v) is 5.18. The molecule has 0 unspecified atom stereocenters. The van der Waals surface area contributed by atoms with Gasteiger partial charge in [-0.2, -0.15) is 13.2 Å². The van der Waals surface area contributed by atoms with Crippen LogP contribution in [-0.4, -0.2) is 42.5 Å². The summed E-state index contributed by atoms with van der Waals surface area (Å²) >= 11 is 0. The molecule has 1 aromatic carbocycles. The number of carbonyl (C=O) groups is 1. The number of alkyl halides is 3.